The number of benzene rings is 1. The van der Waals surface area contributed by atoms with Crippen LogP contribution in [0.5, 0.6) is 0 Å². The van der Waals surface area contributed by atoms with E-state index in [9.17, 15) is 13.2 Å². The number of hydrogen-bond donors (Lipinski definition) is 0. The van der Waals surface area contributed by atoms with Crippen LogP contribution in [0.3, 0.4) is 0 Å². The molecule has 2 rings (SSSR count). The zero-order valence-electron chi connectivity index (χ0n) is 10.2. The van der Waals surface area contributed by atoms with Gasteiger partial charge in [0.1, 0.15) is 0 Å². The Morgan fingerprint density at radius 3 is 2.32 bits per heavy atom. The maximum absolute atomic E-state index is 12.3. The molecule has 0 N–H and O–H groups in total. The van der Waals surface area contributed by atoms with Crippen molar-refractivity contribution in [2.24, 2.45) is 0 Å². The molecular weight excluding hydrogens is 290 g/mol. The highest BCUT2D eigenvalue weighted by Gasteiger charge is 2.25. The Balaban J connectivity index is 2.18. The zero-order valence-corrected chi connectivity index (χ0v) is 11.8. The van der Waals surface area contributed by atoms with Crippen LogP contribution in [-0.2, 0) is 26.0 Å². The Bertz CT molecular complexity index is 550. The van der Waals surface area contributed by atoms with Gasteiger partial charge in [-0.15, -0.1) is 0 Å². The van der Waals surface area contributed by atoms with Gasteiger partial charge in [-0.2, -0.15) is 4.31 Å². The van der Waals surface area contributed by atoms with Gasteiger partial charge in [-0.1, -0.05) is 12.1 Å². The van der Waals surface area contributed by atoms with Crippen molar-refractivity contribution >= 4 is 26.9 Å². The van der Waals surface area contributed by atoms with Gasteiger partial charge in [0, 0.05) is 19.5 Å². The molecule has 1 heterocycles. The minimum absolute atomic E-state index is 0.0967. The van der Waals surface area contributed by atoms with Crippen LogP contribution in [0.1, 0.15) is 5.56 Å². The summed E-state index contributed by atoms with van der Waals surface area (Å²) in [5.74, 6) is 0. The minimum atomic E-state index is -3.47. The third-order valence-electron chi connectivity index (χ3n) is 2.87. The number of carbonyl (C=O) groups is 1. The second-order valence-electron chi connectivity index (χ2n) is 4.19. The molecule has 0 saturated carbocycles. The smallest absolute Gasteiger partial charge is 0.243 e. The first kappa shape index (κ1) is 14.5. The number of hydrogen-bond acceptors (Lipinski definition) is 4. The highest BCUT2D eigenvalue weighted by Crippen LogP contribution is 2.18. The molecule has 0 aromatic heterocycles. The molecule has 19 heavy (non-hydrogen) atoms. The number of sulfonamides is 1. The van der Waals surface area contributed by atoms with E-state index in [1.165, 1.54) is 16.4 Å². The lowest BCUT2D eigenvalue weighted by Gasteiger charge is -2.26. The zero-order chi connectivity index (χ0) is 13.9. The summed E-state index contributed by atoms with van der Waals surface area (Å²) in [5.41, 5.74) is 0.695. The Hall–Kier alpha value is -0.950. The number of nitrogens with zero attached hydrogens (tertiary/aromatic N) is 1. The van der Waals surface area contributed by atoms with E-state index in [4.69, 9.17) is 16.3 Å². The molecule has 0 spiro atoms. The van der Waals surface area contributed by atoms with Crippen molar-refractivity contribution in [2.75, 3.05) is 26.3 Å². The molecule has 1 aliphatic heterocycles. The molecule has 0 aliphatic carbocycles. The van der Waals surface area contributed by atoms with Gasteiger partial charge in [-0.25, -0.2) is 8.42 Å². The molecule has 5 nitrogen and oxygen atoms in total. The van der Waals surface area contributed by atoms with Crippen molar-refractivity contribution in [1.29, 1.82) is 0 Å². The van der Waals surface area contributed by atoms with Gasteiger partial charge in [0.2, 0.25) is 15.3 Å². The van der Waals surface area contributed by atoms with Crippen LogP contribution in [0.25, 0.3) is 0 Å². The molecule has 0 bridgehead atoms. The second-order valence-corrected chi connectivity index (χ2v) is 6.55. The largest absolute Gasteiger partial charge is 0.379 e. The van der Waals surface area contributed by atoms with Crippen LogP contribution in [0.4, 0.5) is 0 Å². The summed E-state index contributed by atoms with van der Waals surface area (Å²) in [6.45, 7) is 1.56. The molecular formula is C12H14ClNO4S. The Morgan fingerprint density at radius 1 is 1.21 bits per heavy atom. The van der Waals surface area contributed by atoms with Crippen molar-refractivity contribution < 1.29 is 17.9 Å². The van der Waals surface area contributed by atoms with Gasteiger partial charge in [0.15, 0.2) is 0 Å². The molecule has 7 heteroatoms. The van der Waals surface area contributed by atoms with E-state index in [-0.39, 0.29) is 11.3 Å². The lowest BCUT2D eigenvalue weighted by Crippen LogP contribution is -2.40. The van der Waals surface area contributed by atoms with E-state index in [2.05, 4.69) is 0 Å². The van der Waals surface area contributed by atoms with Crippen LogP contribution in [0, 0.1) is 0 Å². The first-order valence-electron chi connectivity index (χ1n) is 5.85. The van der Waals surface area contributed by atoms with E-state index in [1.807, 2.05) is 0 Å². The fourth-order valence-corrected chi connectivity index (χ4v) is 3.44. The fraction of sp³-hybridized carbons (Fsp3) is 0.417. The lowest BCUT2D eigenvalue weighted by atomic mass is 10.2. The summed E-state index contributed by atoms with van der Waals surface area (Å²) in [6.07, 6.45) is 0.0967. The van der Waals surface area contributed by atoms with Crippen molar-refractivity contribution in [3.8, 4) is 0 Å². The summed E-state index contributed by atoms with van der Waals surface area (Å²) >= 11 is 5.28. The Kier molecular flexibility index (Phi) is 4.57. The fourth-order valence-electron chi connectivity index (χ4n) is 1.88. The van der Waals surface area contributed by atoms with Crippen molar-refractivity contribution in [3.63, 3.8) is 0 Å². The number of halogens is 1. The van der Waals surface area contributed by atoms with Crippen LogP contribution in [-0.4, -0.2) is 44.3 Å². The first-order chi connectivity index (χ1) is 9.00. The maximum atomic E-state index is 12.3. The highest BCUT2D eigenvalue weighted by atomic mass is 35.5. The molecule has 104 valence electrons. The average molecular weight is 304 g/mol. The van der Waals surface area contributed by atoms with Crippen molar-refractivity contribution in [2.45, 2.75) is 11.3 Å². The van der Waals surface area contributed by atoms with E-state index >= 15 is 0 Å². The SMILES string of the molecule is O=C(Cl)Cc1ccc(S(=O)(=O)N2CCOCC2)cc1. The predicted octanol–water partition coefficient (Wildman–Crippen LogP) is 1.02. The second kappa shape index (κ2) is 6.00. The molecule has 0 unspecified atom stereocenters. The third-order valence-corrected chi connectivity index (χ3v) is 4.92. The molecule has 1 aromatic rings. The topological polar surface area (TPSA) is 63.7 Å². The molecule has 0 amide bonds. The number of morpholine rings is 1. The van der Waals surface area contributed by atoms with E-state index < -0.39 is 15.3 Å². The van der Waals surface area contributed by atoms with Crippen LogP contribution in [0.15, 0.2) is 29.2 Å². The Morgan fingerprint density at radius 2 is 1.79 bits per heavy atom. The molecule has 1 fully saturated rings. The third kappa shape index (κ3) is 3.54. The van der Waals surface area contributed by atoms with E-state index in [0.717, 1.165) is 0 Å². The summed E-state index contributed by atoms with van der Waals surface area (Å²) in [4.78, 5) is 11.0. The van der Waals surface area contributed by atoms with Gasteiger partial charge in [0.05, 0.1) is 18.1 Å². The summed E-state index contributed by atoms with van der Waals surface area (Å²) < 4.78 is 31.1. The average Bonchev–Trinajstić information content (AvgIpc) is 2.40. The monoisotopic (exact) mass is 303 g/mol. The highest BCUT2D eigenvalue weighted by molar-refractivity contribution is 7.89. The van der Waals surface area contributed by atoms with Crippen LogP contribution < -0.4 is 0 Å². The normalized spacial score (nSPS) is 17.3. The molecule has 1 aromatic carbocycles. The van der Waals surface area contributed by atoms with Gasteiger partial charge >= 0.3 is 0 Å². The van der Waals surface area contributed by atoms with Gasteiger partial charge < -0.3 is 4.74 Å². The minimum Gasteiger partial charge on any atom is -0.379 e. The van der Waals surface area contributed by atoms with Gasteiger partial charge in [-0.05, 0) is 29.3 Å². The van der Waals surface area contributed by atoms with E-state index in [1.54, 1.807) is 12.1 Å². The van der Waals surface area contributed by atoms with Gasteiger partial charge in [-0.3, -0.25) is 4.79 Å². The number of ether oxygens (including phenoxy) is 1. The predicted molar refractivity (Wildman–Crippen MR) is 70.6 cm³/mol. The standard InChI is InChI=1S/C12H14ClNO4S/c13-12(15)9-10-1-3-11(4-2-10)19(16,17)14-5-7-18-8-6-14/h1-4H,5-9H2. The van der Waals surface area contributed by atoms with Crippen LogP contribution in [0.2, 0.25) is 0 Å². The van der Waals surface area contributed by atoms with Crippen molar-refractivity contribution in [1.82, 2.24) is 4.31 Å². The lowest BCUT2D eigenvalue weighted by molar-refractivity contribution is -0.111. The maximum Gasteiger partial charge on any atom is 0.243 e. The van der Waals surface area contributed by atoms with Crippen LogP contribution >= 0.6 is 11.6 Å². The van der Waals surface area contributed by atoms with Crippen molar-refractivity contribution in [3.05, 3.63) is 29.8 Å². The summed E-state index contributed by atoms with van der Waals surface area (Å²) in [6, 6.07) is 6.21. The summed E-state index contributed by atoms with van der Waals surface area (Å²) in [5, 5.41) is -0.469. The molecule has 0 radical (unpaired) electrons. The van der Waals surface area contributed by atoms with E-state index in [0.29, 0.717) is 31.9 Å². The molecule has 0 atom stereocenters. The number of rotatable bonds is 4. The quantitative estimate of drug-likeness (QED) is 0.779. The first-order valence-corrected chi connectivity index (χ1v) is 7.67. The summed E-state index contributed by atoms with van der Waals surface area (Å²) in [7, 11) is -3.47. The number of carbonyl (C=O) groups excluding carboxylic acids is 1. The molecule has 1 aliphatic rings. The van der Waals surface area contributed by atoms with Gasteiger partial charge in [0.25, 0.3) is 0 Å². The Labute approximate surface area is 117 Å². The molecule has 1 saturated heterocycles.